The molecule has 0 aliphatic rings. The first kappa shape index (κ1) is 21.0. The van der Waals surface area contributed by atoms with E-state index in [1.807, 2.05) is 41.3 Å². The summed E-state index contributed by atoms with van der Waals surface area (Å²) in [6.07, 6.45) is 1.89. The summed E-state index contributed by atoms with van der Waals surface area (Å²) in [7, 11) is 0. The third kappa shape index (κ3) is 6.71. The van der Waals surface area contributed by atoms with Crippen molar-refractivity contribution in [1.82, 2.24) is 4.90 Å². The van der Waals surface area contributed by atoms with Gasteiger partial charge in [0.15, 0.2) is 0 Å². The second-order valence-corrected chi connectivity index (χ2v) is 7.19. The molecule has 2 aromatic rings. The SMILES string of the molecule is CCCN(CCC)C(=O)c1ccc(NCC(=O)Nc2ccc(Br)cc2)cc1. The summed E-state index contributed by atoms with van der Waals surface area (Å²) in [6, 6.07) is 14.7. The molecule has 0 fully saturated rings. The van der Waals surface area contributed by atoms with Gasteiger partial charge < -0.3 is 15.5 Å². The Kier molecular flexibility index (Phi) is 8.33. The van der Waals surface area contributed by atoms with Crippen LogP contribution in [0.1, 0.15) is 37.0 Å². The molecule has 0 saturated heterocycles. The van der Waals surface area contributed by atoms with E-state index in [1.54, 1.807) is 12.1 Å². The Morgan fingerprint density at radius 1 is 0.889 bits per heavy atom. The second-order valence-electron chi connectivity index (χ2n) is 6.28. The van der Waals surface area contributed by atoms with Gasteiger partial charge in [-0.05, 0) is 61.4 Å². The second kappa shape index (κ2) is 10.7. The van der Waals surface area contributed by atoms with E-state index in [2.05, 4.69) is 40.4 Å². The number of hydrogen-bond acceptors (Lipinski definition) is 3. The van der Waals surface area contributed by atoms with Gasteiger partial charge in [-0.1, -0.05) is 29.8 Å². The van der Waals surface area contributed by atoms with Crippen LogP contribution < -0.4 is 10.6 Å². The van der Waals surface area contributed by atoms with Crippen LogP contribution in [-0.2, 0) is 4.79 Å². The molecular formula is C21H26BrN3O2. The number of anilines is 2. The van der Waals surface area contributed by atoms with E-state index in [4.69, 9.17) is 0 Å². The number of nitrogens with zero attached hydrogens (tertiary/aromatic N) is 1. The number of rotatable bonds is 9. The highest BCUT2D eigenvalue weighted by atomic mass is 79.9. The van der Waals surface area contributed by atoms with E-state index in [-0.39, 0.29) is 18.4 Å². The number of benzene rings is 2. The predicted molar refractivity (Wildman–Crippen MR) is 114 cm³/mol. The fourth-order valence-electron chi connectivity index (χ4n) is 2.69. The Morgan fingerprint density at radius 2 is 1.44 bits per heavy atom. The van der Waals surface area contributed by atoms with Crippen molar-refractivity contribution >= 4 is 39.1 Å². The average Bonchev–Trinajstić information content (AvgIpc) is 2.68. The van der Waals surface area contributed by atoms with Gasteiger partial charge in [-0.2, -0.15) is 0 Å². The summed E-state index contributed by atoms with van der Waals surface area (Å²) in [5, 5.41) is 5.90. The van der Waals surface area contributed by atoms with Gasteiger partial charge in [-0.15, -0.1) is 0 Å². The van der Waals surface area contributed by atoms with E-state index in [0.717, 1.165) is 41.8 Å². The molecule has 144 valence electrons. The lowest BCUT2D eigenvalue weighted by Gasteiger charge is -2.21. The molecule has 0 atom stereocenters. The number of carbonyl (C=O) groups excluding carboxylic acids is 2. The van der Waals surface area contributed by atoms with Gasteiger partial charge in [0.2, 0.25) is 5.91 Å². The fraction of sp³-hybridized carbons (Fsp3) is 0.333. The maximum atomic E-state index is 12.6. The van der Waals surface area contributed by atoms with Crippen LogP contribution in [0.15, 0.2) is 53.0 Å². The largest absolute Gasteiger partial charge is 0.376 e. The number of carbonyl (C=O) groups is 2. The summed E-state index contributed by atoms with van der Waals surface area (Å²) in [5.41, 5.74) is 2.22. The van der Waals surface area contributed by atoms with Gasteiger partial charge in [0.1, 0.15) is 0 Å². The molecule has 27 heavy (non-hydrogen) atoms. The highest BCUT2D eigenvalue weighted by molar-refractivity contribution is 9.10. The maximum Gasteiger partial charge on any atom is 0.253 e. The highest BCUT2D eigenvalue weighted by Crippen LogP contribution is 2.15. The van der Waals surface area contributed by atoms with E-state index < -0.39 is 0 Å². The molecule has 0 aromatic heterocycles. The zero-order valence-electron chi connectivity index (χ0n) is 15.8. The third-order valence-electron chi connectivity index (χ3n) is 3.99. The van der Waals surface area contributed by atoms with Crippen LogP contribution in [-0.4, -0.2) is 36.3 Å². The highest BCUT2D eigenvalue weighted by Gasteiger charge is 2.14. The average molecular weight is 432 g/mol. The molecule has 0 bridgehead atoms. The first-order valence-electron chi connectivity index (χ1n) is 9.22. The summed E-state index contributed by atoms with van der Waals surface area (Å²) in [4.78, 5) is 26.5. The summed E-state index contributed by atoms with van der Waals surface area (Å²) in [5.74, 6) is -0.0761. The van der Waals surface area contributed by atoms with E-state index in [0.29, 0.717) is 5.56 Å². The standard InChI is InChI=1S/C21H26BrN3O2/c1-3-13-25(14-4-2)21(27)16-5-9-18(10-6-16)23-15-20(26)24-19-11-7-17(22)8-12-19/h5-12,23H,3-4,13-15H2,1-2H3,(H,24,26). The molecule has 0 aliphatic carbocycles. The minimum Gasteiger partial charge on any atom is -0.376 e. The molecule has 0 spiro atoms. The van der Waals surface area contributed by atoms with Crippen molar-refractivity contribution in [2.45, 2.75) is 26.7 Å². The van der Waals surface area contributed by atoms with Crippen molar-refractivity contribution in [2.75, 3.05) is 30.3 Å². The molecule has 2 N–H and O–H groups in total. The summed E-state index contributed by atoms with van der Waals surface area (Å²) < 4.78 is 0.963. The smallest absolute Gasteiger partial charge is 0.253 e. The van der Waals surface area contributed by atoms with Gasteiger partial charge in [0.05, 0.1) is 6.54 Å². The van der Waals surface area contributed by atoms with Crippen LogP contribution in [0, 0.1) is 0 Å². The first-order chi connectivity index (χ1) is 13.0. The molecule has 0 aliphatic heterocycles. The van der Waals surface area contributed by atoms with Crippen LogP contribution in [0.25, 0.3) is 0 Å². The van der Waals surface area contributed by atoms with E-state index in [1.165, 1.54) is 0 Å². The third-order valence-corrected chi connectivity index (χ3v) is 4.52. The normalized spacial score (nSPS) is 10.3. The van der Waals surface area contributed by atoms with Gasteiger partial charge in [0, 0.05) is 34.5 Å². The zero-order valence-corrected chi connectivity index (χ0v) is 17.4. The molecule has 0 saturated carbocycles. The molecule has 0 radical (unpaired) electrons. The Hall–Kier alpha value is -2.34. The first-order valence-corrected chi connectivity index (χ1v) is 10.0. The van der Waals surface area contributed by atoms with Gasteiger partial charge >= 0.3 is 0 Å². The predicted octanol–water partition coefficient (Wildman–Crippen LogP) is 4.76. The molecule has 2 aromatic carbocycles. The van der Waals surface area contributed by atoms with Crippen molar-refractivity contribution in [3.8, 4) is 0 Å². The fourth-order valence-corrected chi connectivity index (χ4v) is 2.95. The molecule has 0 heterocycles. The van der Waals surface area contributed by atoms with Crippen LogP contribution in [0.3, 0.4) is 0 Å². The number of halogens is 1. The minimum absolute atomic E-state index is 0.0539. The van der Waals surface area contributed by atoms with Crippen molar-refractivity contribution in [2.24, 2.45) is 0 Å². The lowest BCUT2D eigenvalue weighted by atomic mass is 10.1. The van der Waals surface area contributed by atoms with Crippen molar-refractivity contribution in [3.05, 3.63) is 58.6 Å². The van der Waals surface area contributed by atoms with Crippen LogP contribution >= 0.6 is 15.9 Å². The summed E-state index contributed by atoms with van der Waals surface area (Å²) >= 11 is 3.36. The number of hydrogen-bond donors (Lipinski definition) is 2. The van der Waals surface area contributed by atoms with Crippen molar-refractivity contribution < 1.29 is 9.59 Å². The van der Waals surface area contributed by atoms with Crippen LogP contribution in [0.4, 0.5) is 11.4 Å². The minimum atomic E-state index is -0.130. The topological polar surface area (TPSA) is 61.4 Å². The van der Waals surface area contributed by atoms with E-state index >= 15 is 0 Å². The lowest BCUT2D eigenvalue weighted by Crippen LogP contribution is -2.32. The molecular weight excluding hydrogens is 406 g/mol. The molecule has 6 heteroatoms. The molecule has 2 amide bonds. The Bertz CT molecular complexity index is 739. The summed E-state index contributed by atoms with van der Waals surface area (Å²) in [6.45, 7) is 5.83. The Balaban J connectivity index is 1.88. The van der Waals surface area contributed by atoms with Crippen LogP contribution in [0.2, 0.25) is 0 Å². The lowest BCUT2D eigenvalue weighted by molar-refractivity contribution is -0.114. The Morgan fingerprint density at radius 3 is 2.00 bits per heavy atom. The quantitative estimate of drug-likeness (QED) is 0.601. The van der Waals surface area contributed by atoms with Crippen molar-refractivity contribution in [1.29, 1.82) is 0 Å². The molecule has 0 unspecified atom stereocenters. The van der Waals surface area contributed by atoms with Gasteiger partial charge in [-0.25, -0.2) is 0 Å². The number of nitrogens with one attached hydrogen (secondary N) is 2. The zero-order chi connectivity index (χ0) is 19.6. The van der Waals surface area contributed by atoms with E-state index in [9.17, 15) is 9.59 Å². The van der Waals surface area contributed by atoms with Crippen molar-refractivity contribution in [3.63, 3.8) is 0 Å². The number of amides is 2. The molecule has 5 nitrogen and oxygen atoms in total. The van der Waals surface area contributed by atoms with Gasteiger partial charge in [0.25, 0.3) is 5.91 Å². The molecule has 2 rings (SSSR count). The Labute approximate surface area is 169 Å². The van der Waals surface area contributed by atoms with Crippen LogP contribution in [0.5, 0.6) is 0 Å². The van der Waals surface area contributed by atoms with Gasteiger partial charge in [-0.3, -0.25) is 9.59 Å². The monoisotopic (exact) mass is 431 g/mol. The maximum absolute atomic E-state index is 12.6.